The highest BCUT2D eigenvalue weighted by Gasteiger charge is 2.22. The number of ether oxygens (including phenoxy) is 1. The van der Waals surface area contributed by atoms with Crippen LogP contribution in [0.15, 0.2) is 12.1 Å². The average molecular weight is 334 g/mol. The molecule has 1 aliphatic heterocycles. The number of hydrogen-bond acceptors (Lipinski definition) is 4. The summed E-state index contributed by atoms with van der Waals surface area (Å²) in [6.45, 7) is 4.46. The normalized spacial score (nSPS) is 18.2. The Labute approximate surface area is 133 Å². The molecule has 116 valence electrons. The number of anilines is 1. The molecule has 0 spiro atoms. The van der Waals surface area contributed by atoms with Crippen LogP contribution in [-0.2, 0) is 0 Å². The molecule has 5 nitrogen and oxygen atoms in total. The lowest BCUT2D eigenvalue weighted by Crippen LogP contribution is -2.40. The van der Waals surface area contributed by atoms with E-state index in [0.29, 0.717) is 18.8 Å². The Balaban J connectivity index is 2.13. The average Bonchev–Trinajstić information content (AvgIpc) is 2.81. The number of nitrogens with one attached hydrogen (secondary N) is 2. The maximum Gasteiger partial charge on any atom is 0.188 e. The summed E-state index contributed by atoms with van der Waals surface area (Å²) in [5, 5.41) is 14.3. The third kappa shape index (κ3) is 4.16. The summed E-state index contributed by atoms with van der Waals surface area (Å²) in [7, 11) is 0. The largest absolute Gasteiger partial charge is 0.489 e. The maximum absolute atomic E-state index is 13.9. The number of thiocarbonyl (C=S) groups is 1. The van der Waals surface area contributed by atoms with Gasteiger partial charge in [-0.3, -0.25) is 5.01 Å². The van der Waals surface area contributed by atoms with Gasteiger partial charge in [-0.05, 0) is 32.1 Å². The first-order valence-corrected chi connectivity index (χ1v) is 7.31. The monoisotopic (exact) mass is 333 g/mol. The topological polar surface area (TPSA) is 56.8 Å². The molecule has 1 fully saturated rings. The lowest BCUT2D eigenvalue weighted by Gasteiger charge is -2.21. The zero-order chi connectivity index (χ0) is 15.6. The summed E-state index contributed by atoms with van der Waals surface area (Å²) in [4.78, 5) is 0. The highest BCUT2D eigenvalue weighted by Crippen LogP contribution is 2.31. The number of aliphatic hydroxyl groups excluding tert-OH is 1. The van der Waals surface area contributed by atoms with Crippen molar-refractivity contribution < 1.29 is 14.2 Å². The summed E-state index contributed by atoms with van der Waals surface area (Å²) in [6, 6.07) is 2.65. The van der Waals surface area contributed by atoms with Gasteiger partial charge >= 0.3 is 0 Å². The Kier molecular flexibility index (Phi) is 5.21. The number of hydrogen-bond donors (Lipinski definition) is 3. The molecule has 1 atom stereocenters. The van der Waals surface area contributed by atoms with Crippen LogP contribution in [0.4, 0.5) is 10.1 Å². The quantitative estimate of drug-likeness (QED) is 0.737. The molecular formula is C13H17ClFN3O2S. The van der Waals surface area contributed by atoms with Crippen LogP contribution in [0.2, 0.25) is 5.02 Å². The third-order valence-corrected chi connectivity index (χ3v) is 3.40. The fraction of sp³-hybridized carbons (Fsp3) is 0.462. The van der Waals surface area contributed by atoms with Gasteiger partial charge in [-0.2, -0.15) is 0 Å². The maximum atomic E-state index is 13.9. The summed E-state index contributed by atoms with van der Waals surface area (Å²) in [6.07, 6.45) is -0.581. The van der Waals surface area contributed by atoms with Crippen molar-refractivity contribution in [1.29, 1.82) is 0 Å². The van der Waals surface area contributed by atoms with E-state index in [2.05, 4.69) is 10.7 Å². The molecule has 0 aliphatic carbocycles. The minimum absolute atomic E-state index is 0.0804. The Morgan fingerprint density at radius 1 is 1.62 bits per heavy atom. The standard InChI is InChI=1S/C13H17ClFN3O2S/c1-7(2)20-12-4-11(10(15)3-9(12)14)17-13(21)18-6-8(19)5-16-18/h3-4,7-8,16,19H,5-6H2,1-2H3,(H,17,21). The zero-order valence-corrected chi connectivity index (χ0v) is 13.3. The van der Waals surface area contributed by atoms with Gasteiger partial charge in [0.05, 0.1) is 29.5 Å². The predicted octanol–water partition coefficient (Wildman–Crippen LogP) is 2.14. The van der Waals surface area contributed by atoms with Crippen LogP contribution in [0.5, 0.6) is 5.75 Å². The molecule has 0 amide bonds. The van der Waals surface area contributed by atoms with Gasteiger partial charge in [-0.25, -0.2) is 9.82 Å². The van der Waals surface area contributed by atoms with Crippen LogP contribution in [0.3, 0.4) is 0 Å². The Morgan fingerprint density at radius 2 is 2.33 bits per heavy atom. The minimum atomic E-state index is -0.529. The number of nitrogens with zero attached hydrogens (tertiary/aromatic N) is 1. The van der Waals surface area contributed by atoms with Crippen LogP contribution >= 0.6 is 23.8 Å². The van der Waals surface area contributed by atoms with Crippen LogP contribution in [0, 0.1) is 5.82 Å². The third-order valence-electron chi connectivity index (χ3n) is 2.78. The SMILES string of the molecule is CC(C)Oc1cc(NC(=S)N2CC(O)CN2)c(F)cc1Cl. The second kappa shape index (κ2) is 6.74. The Hall–Kier alpha value is -1.15. The van der Waals surface area contributed by atoms with Crippen molar-refractivity contribution in [2.75, 3.05) is 18.4 Å². The van der Waals surface area contributed by atoms with Gasteiger partial charge in [0.1, 0.15) is 11.6 Å². The van der Waals surface area contributed by atoms with E-state index in [-0.39, 0.29) is 21.9 Å². The molecule has 1 heterocycles. The lowest BCUT2D eigenvalue weighted by atomic mass is 10.2. The van der Waals surface area contributed by atoms with E-state index in [1.54, 1.807) is 5.01 Å². The van der Waals surface area contributed by atoms with Crippen LogP contribution in [0.1, 0.15) is 13.8 Å². The number of aliphatic hydroxyl groups is 1. The van der Waals surface area contributed by atoms with E-state index < -0.39 is 11.9 Å². The Bertz CT molecular complexity index is 544. The number of rotatable bonds is 3. The molecule has 0 saturated carbocycles. The van der Waals surface area contributed by atoms with E-state index >= 15 is 0 Å². The molecule has 0 bridgehead atoms. The van der Waals surface area contributed by atoms with Gasteiger partial charge in [0.15, 0.2) is 5.11 Å². The van der Waals surface area contributed by atoms with Gasteiger partial charge in [0.25, 0.3) is 0 Å². The molecule has 1 saturated heterocycles. The zero-order valence-electron chi connectivity index (χ0n) is 11.7. The smallest absolute Gasteiger partial charge is 0.188 e. The summed E-state index contributed by atoms with van der Waals surface area (Å²) >= 11 is 11.1. The highest BCUT2D eigenvalue weighted by atomic mass is 35.5. The molecule has 8 heteroatoms. The lowest BCUT2D eigenvalue weighted by molar-refractivity contribution is 0.199. The van der Waals surface area contributed by atoms with Gasteiger partial charge < -0.3 is 15.2 Å². The molecule has 1 aromatic rings. The number of hydrazine groups is 1. The molecule has 2 rings (SSSR count). The number of benzene rings is 1. The molecule has 1 unspecified atom stereocenters. The first-order chi connectivity index (χ1) is 9.86. The summed E-state index contributed by atoms with van der Waals surface area (Å²) in [5.74, 6) is -0.147. The van der Waals surface area contributed by atoms with Crippen molar-refractivity contribution in [3.63, 3.8) is 0 Å². The van der Waals surface area contributed by atoms with E-state index in [1.165, 1.54) is 12.1 Å². The Morgan fingerprint density at radius 3 is 2.90 bits per heavy atom. The second-order valence-electron chi connectivity index (χ2n) is 4.99. The fourth-order valence-corrected chi connectivity index (χ4v) is 2.31. The van der Waals surface area contributed by atoms with Crippen molar-refractivity contribution >= 4 is 34.6 Å². The molecule has 3 N–H and O–H groups in total. The van der Waals surface area contributed by atoms with E-state index in [9.17, 15) is 9.50 Å². The van der Waals surface area contributed by atoms with Crippen molar-refractivity contribution in [2.24, 2.45) is 0 Å². The van der Waals surface area contributed by atoms with E-state index in [1.807, 2.05) is 13.8 Å². The summed E-state index contributed by atoms with van der Waals surface area (Å²) < 4.78 is 19.5. The molecule has 0 radical (unpaired) electrons. The number of β-amino-alcohol motifs (C(OH)–C–C–N with tert-alkyl or cyclic N) is 1. The van der Waals surface area contributed by atoms with Crippen molar-refractivity contribution in [2.45, 2.75) is 26.1 Å². The molecule has 0 aromatic heterocycles. The fourth-order valence-electron chi connectivity index (χ4n) is 1.86. The van der Waals surface area contributed by atoms with Crippen molar-refractivity contribution in [3.05, 3.63) is 23.0 Å². The molecular weight excluding hydrogens is 317 g/mol. The van der Waals surface area contributed by atoms with E-state index in [0.717, 1.165) is 0 Å². The van der Waals surface area contributed by atoms with Gasteiger partial charge in [0.2, 0.25) is 0 Å². The van der Waals surface area contributed by atoms with Crippen LogP contribution in [0.25, 0.3) is 0 Å². The van der Waals surface area contributed by atoms with Crippen LogP contribution in [-0.4, -0.2) is 40.5 Å². The van der Waals surface area contributed by atoms with Gasteiger partial charge in [0, 0.05) is 12.6 Å². The first kappa shape index (κ1) is 16.2. The minimum Gasteiger partial charge on any atom is -0.489 e. The van der Waals surface area contributed by atoms with Crippen LogP contribution < -0.4 is 15.5 Å². The van der Waals surface area contributed by atoms with Gasteiger partial charge in [-0.15, -0.1) is 0 Å². The van der Waals surface area contributed by atoms with E-state index in [4.69, 9.17) is 28.6 Å². The predicted molar refractivity (Wildman–Crippen MR) is 84.1 cm³/mol. The second-order valence-corrected chi connectivity index (χ2v) is 5.78. The van der Waals surface area contributed by atoms with Crippen molar-refractivity contribution in [1.82, 2.24) is 10.4 Å². The number of halogens is 2. The molecule has 21 heavy (non-hydrogen) atoms. The molecule has 1 aliphatic rings. The van der Waals surface area contributed by atoms with Gasteiger partial charge in [-0.1, -0.05) is 11.6 Å². The highest BCUT2D eigenvalue weighted by molar-refractivity contribution is 7.80. The first-order valence-electron chi connectivity index (χ1n) is 6.52. The summed E-state index contributed by atoms with van der Waals surface area (Å²) in [5.41, 5.74) is 3.07. The molecule has 1 aromatic carbocycles. The van der Waals surface area contributed by atoms with Crippen molar-refractivity contribution in [3.8, 4) is 5.75 Å².